The van der Waals surface area contributed by atoms with E-state index in [-0.39, 0.29) is 0 Å². The zero-order chi connectivity index (χ0) is 11.6. The standard InChI is InChI=1S/C13H21N3/c1-15-9-10-16-11-13(7-8-14)12-5-3-2-4-6-12/h2-5,7-8,15-16H,6,9-11,14H2,1H3/b8-7-,13-12+. The summed E-state index contributed by atoms with van der Waals surface area (Å²) < 4.78 is 0. The smallest absolute Gasteiger partial charge is 0.0209 e. The fraction of sp³-hybridized carbons (Fsp3) is 0.385. The van der Waals surface area contributed by atoms with Crippen LogP contribution in [-0.4, -0.2) is 26.7 Å². The molecule has 0 saturated heterocycles. The van der Waals surface area contributed by atoms with Crippen LogP contribution >= 0.6 is 0 Å². The van der Waals surface area contributed by atoms with Crippen LogP contribution in [0.15, 0.2) is 47.7 Å². The summed E-state index contributed by atoms with van der Waals surface area (Å²) in [6, 6.07) is 0. The van der Waals surface area contributed by atoms with Gasteiger partial charge in [-0.2, -0.15) is 0 Å². The molecule has 1 aliphatic carbocycles. The molecule has 88 valence electrons. The fourth-order valence-corrected chi connectivity index (χ4v) is 1.58. The Morgan fingerprint density at radius 1 is 1.44 bits per heavy atom. The van der Waals surface area contributed by atoms with Crippen molar-refractivity contribution in [3.63, 3.8) is 0 Å². The van der Waals surface area contributed by atoms with Crippen LogP contribution in [0, 0.1) is 0 Å². The molecule has 1 rings (SSSR count). The van der Waals surface area contributed by atoms with Crippen molar-refractivity contribution in [2.24, 2.45) is 5.73 Å². The third kappa shape index (κ3) is 4.47. The van der Waals surface area contributed by atoms with E-state index in [2.05, 4.69) is 34.9 Å². The third-order valence-corrected chi connectivity index (χ3v) is 2.46. The first kappa shape index (κ1) is 12.7. The molecule has 0 fully saturated rings. The number of hydrogen-bond donors (Lipinski definition) is 3. The molecule has 0 bridgehead atoms. The van der Waals surface area contributed by atoms with Crippen molar-refractivity contribution in [3.05, 3.63) is 47.7 Å². The number of rotatable bonds is 6. The van der Waals surface area contributed by atoms with E-state index in [0.717, 1.165) is 26.1 Å². The summed E-state index contributed by atoms with van der Waals surface area (Å²) in [6.07, 6.45) is 13.0. The molecular formula is C13H21N3. The van der Waals surface area contributed by atoms with E-state index in [4.69, 9.17) is 5.73 Å². The predicted molar refractivity (Wildman–Crippen MR) is 70.0 cm³/mol. The van der Waals surface area contributed by atoms with Gasteiger partial charge in [-0.25, -0.2) is 0 Å². The van der Waals surface area contributed by atoms with Gasteiger partial charge in [0.25, 0.3) is 0 Å². The second-order valence-corrected chi connectivity index (χ2v) is 3.68. The molecule has 4 N–H and O–H groups in total. The van der Waals surface area contributed by atoms with Gasteiger partial charge in [0.1, 0.15) is 0 Å². The SMILES string of the molecule is CNCCNCC(/C=C\N)=C1\C=CC=CC1. The number of nitrogens with one attached hydrogen (secondary N) is 2. The molecule has 0 aliphatic heterocycles. The zero-order valence-corrected chi connectivity index (χ0v) is 9.87. The first-order valence-electron chi connectivity index (χ1n) is 5.67. The Hall–Kier alpha value is -1.32. The van der Waals surface area contributed by atoms with Gasteiger partial charge in [-0.05, 0) is 36.9 Å². The van der Waals surface area contributed by atoms with Crippen LogP contribution in [0.4, 0.5) is 0 Å². The van der Waals surface area contributed by atoms with Crippen molar-refractivity contribution in [3.8, 4) is 0 Å². The normalized spacial score (nSPS) is 18.3. The van der Waals surface area contributed by atoms with E-state index in [1.54, 1.807) is 6.20 Å². The van der Waals surface area contributed by atoms with Gasteiger partial charge in [0.05, 0.1) is 0 Å². The molecular weight excluding hydrogens is 198 g/mol. The Bertz CT molecular complexity index is 311. The summed E-state index contributed by atoms with van der Waals surface area (Å²) in [5.74, 6) is 0. The van der Waals surface area contributed by atoms with Gasteiger partial charge in [0, 0.05) is 19.6 Å². The highest BCUT2D eigenvalue weighted by Gasteiger charge is 2.01. The largest absolute Gasteiger partial charge is 0.405 e. The molecule has 3 heteroatoms. The van der Waals surface area contributed by atoms with Crippen molar-refractivity contribution in [1.82, 2.24) is 10.6 Å². The Morgan fingerprint density at radius 2 is 2.31 bits per heavy atom. The number of hydrogen-bond acceptors (Lipinski definition) is 3. The van der Waals surface area contributed by atoms with E-state index >= 15 is 0 Å². The van der Waals surface area contributed by atoms with Crippen LogP contribution in [0.1, 0.15) is 6.42 Å². The van der Waals surface area contributed by atoms with Crippen LogP contribution < -0.4 is 16.4 Å². The summed E-state index contributed by atoms with van der Waals surface area (Å²) in [4.78, 5) is 0. The lowest BCUT2D eigenvalue weighted by molar-refractivity contribution is 0.682. The van der Waals surface area contributed by atoms with E-state index in [1.165, 1.54) is 11.1 Å². The molecule has 0 atom stereocenters. The van der Waals surface area contributed by atoms with Crippen LogP contribution in [-0.2, 0) is 0 Å². The van der Waals surface area contributed by atoms with Crippen molar-refractivity contribution in [1.29, 1.82) is 0 Å². The highest BCUT2D eigenvalue weighted by atomic mass is 14.9. The zero-order valence-electron chi connectivity index (χ0n) is 9.87. The third-order valence-electron chi connectivity index (χ3n) is 2.46. The summed E-state index contributed by atoms with van der Waals surface area (Å²) in [5.41, 5.74) is 8.07. The first-order chi connectivity index (χ1) is 7.88. The lowest BCUT2D eigenvalue weighted by Gasteiger charge is -2.11. The van der Waals surface area contributed by atoms with Gasteiger partial charge in [-0.3, -0.25) is 0 Å². The van der Waals surface area contributed by atoms with Gasteiger partial charge in [0.2, 0.25) is 0 Å². The van der Waals surface area contributed by atoms with E-state index in [9.17, 15) is 0 Å². The Balaban J connectivity index is 2.53. The number of likely N-dealkylation sites (N-methyl/N-ethyl adjacent to an activating group) is 1. The van der Waals surface area contributed by atoms with Crippen LogP contribution in [0.3, 0.4) is 0 Å². The Kier molecular flexibility index (Phi) is 6.30. The molecule has 0 aromatic rings. The summed E-state index contributed by atoms with van der Waals surface area (Å²) in [6.45, 7) is 2.80. The summed E-state index contributed by atoms with van der Waals surface area (Å²) in [5, 5.41) is 6.49. The Morgan fingerprint density at radius 3 is 2.94 bits per heavy atom. The van der Waals surface area contributed by atoms with Crippen LogP contribution in [0.2, 0.25) is 0 Å². The molecule has 0 amide bonds. The van der Waals surface area contributed by atoms with Crippen molar-refractivity contribution >= 4 is 0 Å². The lowest BCUT2D eigenvalue weighted by atomic mass is 10.0. The molecule has 0 spiro atoms. The quantitative estimate of drug-likeness (QED) is 0.586. The van der Waals surface area contributed by atoms with Gasteiger partial charge < -0.3 is 16.4 Å². The van der Waals surface area contributed by atoms with E-state index in [1.807, 2.05) is 13.1 Å². The average Bonchev–Trinajstić information content (AvgIpc) is 2.34. The maximum Gasteiger partial charge on any atom is 0.0209 e. The first-order valence-corrected chi connectivity index (χ1v) is 5.67. The molecule has 0 radical (unpaired) electrons. The maximum absolute atomic E-state index is 5.47. The highest BCUT2D eigenvalue weighted by Crippen LogP contribution is 2.15. The average molecular weight is 219 g/mol. The predicted octanol–water partition coefficient (Wildman–Crippen LogP) is 1.08. The monoisotopic (exact) mass is 219 g/mol. The van der Waals surface area contributed by atoms with Crippen molar-refractivity contribution in [2.75, 3.05) is 26.7 Å². The highest BCUT2D eigenvalue weighted by molar-refractivity contribution is 5.39. The number of nitrogens with two attached hydrogens (primary N) is 1. The molecule has 3 nitrogen and oxygen atoms in total. The minimum atomic E-state index is 0.864. The molecule has 0 aromatic carbocycles. The second kappa shape index (κ2) is 7.91. The minimum absolute atomic E-state index is 0.864. The summed E-state index contributed by atoms with van der Waals surface area (Å²) in [7, 11) is 1.95. The molecule has 0 unspecified atom stereocenters. The van der Waals surface area contributed by atoms with Gasteiger partial charge >= 0.3 is 0 Å². The Labute approximate surface area is 97.8 Å². The van der Waals surface area contributed by atoms with E-state index in [0.29, 0.717) is 0 Å². The molecule has 0 heterocycles. The van der Waals surface area contributed by atoms with Crippen LogP contribution in [0.25, 0.3) is 0 Å². The van der Waals surface area contributed by atoms with E-state index < -0.39 is 0 Å². The lowest BCUT2D eigenvalue weighted by Crippen LogP contribution is -2.26. The number of allylic oxidation sites excluding steroid dienone is 5. The fourth-order valence-electron chi connectivity index (χ4n) is 1.58. The van der Waals surface area contributed by atoms with Gasteiger partial charge in [-0.15, -0.1) is 0 Å². The minimum Gasteiger partial charge on any atom is -0.405 e. The van der Waals surface area contributed by atoms with Crippen molar-refractivity contribution in [2.45, 2.75) is 6.42 Å². The molecule has 0 saturated carbocycles. The molecule has 16 heavy (non-hydrogen) atoms. The summed E-state index contributed by atoms with van der Waals surface area (Å²) >= 11 is 0. The molecule has 0 aromatic heterocycles. The van der Waals surface area contributed by atoms with Gasteiger partial charge in [-0.1, -0.05) is 24.3 Å². The van der Waals surface area contributed by atoms with Gasteiger partial charge in [0.15, 0.2) is 0 Å². The molecule has 1 aliphatic rings. The second-order valence-electron chi connectivity index (χ2n) is 3.68. The van der Waals surface area contributed by atoms with Crippen molar-refractivity contribution < 1.29 is 0 Å². The van der Waals surface area contributed by atoms with Crippen LogP contribution in [0.5, 0.6) is 0 Å². The maximum atomic E-state index is 5.47. The topological polar surface area (TPSA) is 50.1 Å².